The Labute approximate surface area is 280 Å². The number of hydrogen-bond donors (Lipinski definition) is 0. The molecule has 0 amide bonds. The minimum Gasteiger partial charge on any atom is -0.493 e. The molecular weight excluding hydrogens is 654 g/mol. The molecule has 5 heterocycles. The second-order valence-corrected chi connectivity index (χ2v) is 16.7. The average molecular weight is 692 g/mol. The first kappa shape index (κ1) is 32.5. The van der Waals surface area contributed by atoms with Crippen molar-refractivity contribution in [2.24, 2.45) is 11.8 Å². The quantitative estimate of drug-likeness (QED) is 0.196. The number of ether oxygens (including phenoxy) is 1. The van der Waals surface area contributed by atoms with E-state index in [1.165, 1.54) is 16.1 Å². The summed E-state index contributed by atoms with van der Waals surface area (Å²) in [4.78, 5) is 11.5. The fraction of sp³-hybridized carbons (Fsp3) is 0.371. The second kappa shape index (κ2) is 13.1. The molecule has 48 heavy (non-hydrogen) atoms. The number of sulfonamides is 1. The van der Waals surface area contributed by atoms with Crippen LogP contribution in [0.4, 0.5) is 10.1 Å². The predicted octanol–water partition coefficient (Wildman–Crippen LogP) is 5.61. The monoisotopic (exact) mass is 691 g/mol. The van der Waals surface area contributed by atoms with Crippen molar-refractivity contribution in [2.45, 2.75) is 37.5 Å². The maximum absolute atomic E-state index is 13.6. The SMILES string of the molecule is Cc1ccc(S(=O)(=O)n2ccc3c4c(N5CCC(CS(=O)(=O)N6CCCC(COc7ccc(F)cc7)C6)CC5)ccnc4cnc32)cc1. The summed E-state index contributed by atoms with van der Waals surface area (Å²) in [7, 11) is -7.32. The molecule has 5 aromatic rings. The largest absolute Gasteiger partial charge is 0.493 e. The Bertz CT molecular complexity index is 2150. The lowest BCUT2D eigenvalue weighted by molar-refractivity contribution is 0.179. The molecule has 1 unspecified atom stereocenters. The van der Waals surface area contributed by atoms with E-state index in [0.29, 0.717) is 67.9 Å². The molecule has 0 radical (unpaired) electrons. The van der Waals surface area contributed by atoms with Crippen molar-refractivity contribution in [3.8, 4) is 5.75 Å². The van der Waals surface area contributed by atoms with E-state index in [1.807, 2.05) is 13.0 Å². The number of hydrogen-bond acceptors (Lipinski definition) is 8. The van der Waals surface area contributed by atoms with Gasteiger partial charge in [-0.1, -0.05) is 17.7 Å². The highest BCUT2D eigenvalue weighted by Gasteiger charge is 2.33. The van der Waals surface area contributed by atoms with Crippen LogP contribution in [0, 0.1) is 24.6 Å². The van der Waals surface area contributed by atoms with Gasteiger partial charge in [0.1, 0.15) is 11.6 Å². The number of fused-ring (bicyclic) bond motifs is 3. The van der Waals surface area contributed by atoms with Gasteiger partial charge in [0.2, 0.25) is 10.0 Å². The molecule has 2 aliphatic heterocycles. The summed E-state index contributed by atoms with van der Waals surface area (Å²) in [5.74, 6) is 0.462. The van der Waals surface area contributed by atoms with Gasteiger partial charge >= 0.3 is 0 Å². The molecule has 252 valence electrons. The van der Waals surface area contributed by atoms with E-state index in [2.05, 4.69) is 14.9 Å². The molecule has 7 rings (SSSR count). The van der Waals surface area contributed by atoms with Crippen LogP contribution in [0.2, 0.25) is 0 Å². The highest BCUT2D eigenvalue weighted by Crippen LogP contribution is 2.35. The van der Waals surface area contributed by atoms with Crippen LogP contribution in [0.3, 0.4) is 0 Å². The Hall–Kier alpha value is -4.07. The third kappa shape index (κ3) is 6.50. The third-order valence-corrected chi connectivity index (χ3v) is 13.2. The van der Waals surface area contributed by atoms with Crippen LogP contribution in [-0.2, 0) is 20.0 Å². The number of benzene rings is 2. The topological polar surface area (TPSA) is 115 Å². The van der Waals surface area contributed by atoms with Crippen LogP contribution >= 0.6 is 0 Å². The summed E-state index contributed by atoms with van der Waals surface area (Å²) >= 11 is 0. The minimum atomic E-state index is -3.86. The number of nitrogens with zero attached hydrogens (tertiary/aromatic N) is 5. The van der Waals surface area contributed by atoms with Gasteiger partial charge in [0, 0.05) is 61.0 Å². The molecule has 0 N–H and O–H groups in total. The van der Waals surface area contributed by atoms with Crippen LogP contribution in [0.25, 0.3) is 21.9 Å². The van der Waals surface area contributed by atoms with Crippen molar-refractivity contribution >= 4 is 47.7 Å². The fourth-order valence-corrected chi connectivity index (χ4v) is 10.2. The number of aryl methyl sites for hydroxylation is 1. The van der Waals surface area contributed by atoms with Crippen molar-refractivity contribution in [3.63, 3.8) is 0 Å². The molecular formula is C35H38FN5O5S2. The van der Waals surface area contributed by atoms with Gasteiger partial charge in [0.15, 0.2) is 5.65 Å². The van der Waals surface area contributed by atoms with Gasteiger partial charge in [-0.2, -0.15) is 0 Å². The van der Waals surface area contributed by atoms with Crippen molar-refractivity contribution in [1.82, 2.24) is 18.2 Å². The second-order valence-electron chi connectivity index (χ2n) is 12.9. The van der Waals surface area contributed by atoms with Crippen molar-refractivity contribution in [2.75, 3.05) is 43.4 Å². The molecule has 2 aromatic carbocycles. The smallest absolute Gasteiger partial charge is 0.269 e. The first-order chi connectivity index (χ1) is 23.1. The van der Waals surface area contributed by atoms with E-state index in [9.17, 15) is 21.2 Å². The summed E-state index contributed by atoms with van der Waals surface area (Å²) in [5, 5.41) is 1.52. The van der Waals surface area contributed by atoms with Gasteiger partial charge in [-0.05, 0) is 87.1 Å². The Kier molecular flexibility index (Phi) is 8.86. The molecule has 10 nitrogen and oxygen atoms in total. The Morgan fingerprint density at radius 1 is 0.875 bits per heavy atom. The number of piperidine rings is 2. The lowest BCUT2D eigenvalue weighted by Gasteiger charge is -2.36. The summed E-state index contributed by atoms with van der Waals surface area (Å²) in [6.45, 7) is 4.57. The molecule has 0 aliphatic carbocycles. The summed E-state index contributed by atoms with van der Waals surface area (Å²) < 4.78 is 76.1. The maximum atomic E-state index is 13.6. The zero-order chi connectivity index (χ0) is 33.5. The number of aromatic nitrogens is 3. The van der Waals surface area contributed by atoms with Crippen molar-refractivity contribution in [1.29, 1.82) is 0 Å². The number of pyridine rings is 2. The first-order valence-corrected chi connectivity index (χ1v) is 19.3. The Morgan fingerprint density at radius 3 is 2.38 bits per heavy atom. The lowest BCUT2D eigenvalue weighted by atomic mass is 9.98. The van der Waals surface area contributed by atoms with Crippen LogP contribution in [0.1, 0.15) is 31.2 Å². The van der Waals surface area contributed by atoms with E-state index in [4.69, 9.17) is 4.74 Å². The van der Waals surface area contributed by atoms with Crippen molar-refractivity contribution < 1.29 is 26.0 Å². The summed E-state index contributed by atoms with van der Waals surface area (Å²) in [6.07, 6.45) is 7.97. The van der Waals surface area contributed by atoms with Gasteiger partial charge in [-0.15, -0.1) is 0 Å². The standard InChI is InChI=1S/C35H38FN5O5S2/c1-25-4-10-30(11-5-25)48(44,45)41-20-15-31-34-32(21-38-35(31)41)37-16-12-33(34)39-18-13-26(14-19-39)24-47(42,43)40-17-2-3-27(22-40)23-46-29-8-6-28(36)7-9-29/h4-12,15-16,20-21,26-27H,2-3,13-14,17-19,22-24H2,1H3. The van der Waals surface area contributed by atoms with Crippen LogP contribution < -0.4 is 9.64 Å². The summed E-state index contributed by atoms with van der Waals surface area (Å²) in [5.41, 5.74) is 2.90. The van der Waals surface area contributed by atoms with E-state index >= 15 is 0 Å². The first-order valence-electron chi connectivity index (χ1n) is 16.3. The lowest BCUT2D eigenvalue weighted by Crippen LogP contribution is -2.45. The Morgan fingerprint density at radius 2 is 1.62 bits per heavy atom. The molecule has 0 spiro atoms. The normalized spacial score (nSPS) is 18.5. The molecule has 3 aromatic heterocycles. The zero-order valence-electron chi connectivity index (χ0n) is 26.7. The predicted molar refractivity (Wildman–Crippen MR) is 184 cm³/mol. The van der Waals surface area contributed by atoms with E-state index < -0.39 is 20.0 Å². The molecule has 2 aliphatic rings. The minimum absolute atomic E-state index is 0.0256. The molecule has 0 saturated carbocycles. The molecule has 2 fully saturated rings. The highest BCUT2D eigenvalue weighted by atomic mass is 32.2. The van der Waals surface area contributed by atoms with E-state index in [-0.39, 0.29) is 28.3 Å². The maximum Gasteiger partial charge on any atom is 0.269 e. The fourth-order valence-electron chi connectivity index (χ4n) is 6.88. The van der Waals surface area contributed by atoms with Gasteiger partial charge in [0.25, 0.3) is 10.0 Å². The van der Waals surface area contributed by atoms with Gasteiger partial charge in [-0.25, -0.2) is 34.5 Å². The molecule has 2 saturated heterocycles. The van der Waals surface area contributed by atoms with Crippen molar-refractivity contribution in [3.05, 3.63) is 90.6 Å². The summed E-state index contributed by atoms with van der Waals surface area (Å²) in [6, 6.07) is 16.3. The number of rotatable bonds is 9. The average Bonchev–Trinajstić information content (AvgIpc) is 3.54. The van der Waals surface area contributed by atoms with E-state index in [1.54, 1.807) is 65.4 Å². The van der Waals surface area contributed by atoms with Gasteiger partial charge in [0.05, 0.1) is 29.0 Å². The number of anilines is 1. The molecule has 0 bridgehead atoms. The molecule has 13 heteroatoms. The van der Waals surface area contributed by atoms with Gasteiger partial charge in [-0.3, -0.25) is 4.98 Å². The molecule has 1 atom stereocenters. The highest BCUT2D eigenvalue weighted by molar-refractivity contribution is 7.90. The zero-order valence-corrected chi connectivity index (χ0v) is 28.3. The van der Waals surface area contributed by atoms with E-state index in [0.717, 1.165) is 29.5 Å². The number of halogens is 1. The van der Waals surface area contributed by atoms with Crippen LogP contribution in [-0.4, -0.2) is 73.6 Å². The Balaban J connectivity index is 1.03. The third-order valence-electron chi connectivity index (χ3n) is 9.52. The van der Waals surface area contributed by atoms with Crippen LogP contribution in [0.15, 0.2) is 84.1 Å². The van der Waals surface area contributed by atoms with Gasteiger partial charge < -0.3 is 9.64 Å². The van der Waals surface area contributed by atoms with Crippen LogP contribution in [0.5, 0.6) is 5.75 Å².